The second-order valence-corrected chi connectivity index (χ2v) is 10.3. The Balaban J connectivity index is 1.80. The maximum Gasteiger partial charge on any atom is 0.322 e. The molecule has 0 aliphatic carbocycles. The lowest BCUT2D eigenvalue weighted by Crippen LogP contribution is -2.13. The van der Waals surface area contributed by atoms with Gasteiger partial charge >= 0.3 is 6.01 Å². The van der Waals surface area contributed by atoms with Crippen LogP contribution in [0.25, 0.3) is 11.5 Å². The number of nitrogens with zero attached hydrogens (tertiary/aromatic N) is 2. The van der Waals surface area contributed by atoms with E-state index in [1.54, 1.807) is 49.9 Å². The van der Waals surface area contributed by atoms with Crippen molar-refractivity contribution in [3.63, 3.8) is 0 Å². The average Bonchev–Trinajstić information content (AvgIpc) is 3.17. The van der Waals surface area contributed by atoms with Gasteiger partial charge in [-0.2, -0.15) is 0 Å². The lowest BCUT2D eigenvalue weighted by molar-refractivity contribution is 0.102. The van der Waals surface area contributed by atoms with E-state index >= 15 is 0 Å². The minimum atomic E-state index is -3.43. The van der Waals surface area contributed by atoms with Gasteiger partial charge in [-0.1, -0.05) is 24.2 Å². The molecule has 0 atom stereocenters. The van der Waals surface area contributed by atoms with Gasteiger partial charge in [0.25, 0.3) is 5.91 Å². The van der Waals surface area contributed by atoms with Gasteiger partial charge in [0, 0.05) is 16.0 Å². The number of amides is 1. The molecule has 0 bridgehead atoms. The lowest BCUT2D eigenvalue weighted by atomic mass is 10.2. The summed E-state index contributed by atoms with van der Waals surface area (Å²) in [6, 6.07) is 13.5. The first kappa shape index (κ1) is 21.1. The van der Waals surface area contributed by atoms with Crippen LogP contribution in [0.4, 0.5) is 6.01 Å². The van der Waals surface area contributed by atoms with Crippen LogP contribution in [0.1, 0.15) is 31.1 Å². The van der Waals surface area contributed by atoms with Crippen LogP contribution >= 0.6 is 11.8 Å². The Kier molecular flexibility index (Phi) is 6.39. The smallest absolute Gasteiger partial charge is 0.322 e. The van der Waals surface area contributed by atoms with Gasteiger partial charge in [0.2, 0.25) is 5.89 Å². The third kappa shape index (κ3) is 4.86. The van der Waals surface area contributed by atoms with Crippen LogP contribution in [-0.4, -0.2) is 35.5 Å². The lowest BCUT2D eigenvalue weighted by Gasteiger charge is -2.08. The zero-order chi connectivity index (χ0) is 21.0. The first-order valence-electron chi connectivity index (χ1n) is 9.03. The number of nitrogens with one attached hydrogen (secondary N) is 1. The Hall–Kier alpha value is -2.65. The summed E-state index contributed by atoms with van der Waals surface area (Å²) in [5.41, 5.74) is 0.939. The Bertz CT molecular complexity index is 1120. The predicted octanol–water partition coefficient (Wildman–Crippen LogP) is 4.28. The highest BCUT2D eigenvalue weighted by Crippen LogP contribution is 2.25. The molecule has 0 saturated heterocycles. The van der Waals surface area contributed by atoms with Crippen molar-refractivity contribution in [2.45, 2.75) is 35.8 Å². The summed E-state index contributed by atoms with van der Waals surface area (Å²) in [6.07, 6.45) is 0. The molecular weight excluding hydrogens is 410 g/mol. The number of carbonyl (C=O) groups excluding carboxylic acids is 1. The van der Waals surface area contributed by atoms with E-state index in [-0.39, 0.29) is 22.7 Å². The number of hydrogen-bond acceptors (Lipinski definition) is 7. The Morgan fingerprint density at radius 2 is 1.90 bits per heavy atom. The first-order chi connectivity index (χ1) is 13.8. The highest BCUT2D eigenvalue weighted by Gasteiger charge is 2.21. The molecule has 0 aliphatic heterocycles. The molecule has 0 unspecified atom stereocenters. The van der Waals surface area contributed by atoms with Crippen LogP contribution in [0.5, 0.6) is 0 Å². The number of aromatic nitrogens is 2. The average molecular weight is 432 g/mol. The van der Waals surface area contributed by atoms with Gasteiger partial charge in [-0.25, -0.2) is 8.42 Å². The van der Waals surface area contributed by atoms with Crippen LogP contribution in [0.15, 0.2) is 62.7 Å². The Labute approximate surface area is 173 Å². The molecule has 0 spiro atoms. The molecule has 2 aromatic carbocycles. The molecular formula is C20H21N3O4S2. The maximum atomic E-state index is 12.4. The van der Waals surface area contributed by atoms with Crippen molar-refractivity contribution < 1.29 is 17.6 Å². The molecule has 152 valence electrons. The van der Waals surface area contributed by atoms with Gasteiger partial charge < -0.3 is 4.42 Å². The first-order valence-corrected chi connectivity index (χ1v) is 11.6. The summed E-state index contributed by atoms with van der Waals surface area (Å²) in [5.74, 6) is 0.662. The van der Waals surface area contributed by atoms with Crippen molar-refractivity contribution in [1.29, 1.82) is 0 Å². The van der Waals surface area contributed by atoms with Crippen molar-refractivity contribution in [3.05, 3.63) is 54.1 Å². The molecule has 7 nitrogen and oxygen atoms in total. The quantitative estimate of drug-likeness (QED) is 0.557. The van der Waals surface area contributed by atoms with Gasteiger partial charge in [-0.3, -0.25) is 10.1 Å². The van der Waals surface area contributed by atoms with E-state index in [1.807, 2.05) is 19.1 Å². The summed E-state index contributed by atoms with van der Waals surface area (Å²) < 4.78 is 30.3. The SMILES string of the molecule is CCSc1cccc(C(=O)Nc2nnc(-c3cccc(S(=O)(=O)C(C)C)c3)o2)c1. The van der Waals surface area contributed by atoms with E-state index in [1.165, 1.54) is 12.1 Å². The van der Waals surface area contributed by atoms with Gasteiger partial charge in [0.1, 0.15) is 0 Å². The molecule has 1 amide bonds. The third-order valence-electron chi connectivity index (χ3n) is 4.08. The molecule has 1 aromatic heterocycles. The van der Waals surface area contributed by atoms with E-state index in [2.05, 4.69) is 15.5 Å². The number of carbonyl (C=O) groups is 1. The van der Waals surface area contributed by atoms with Gasteiger partial charge in [0.15, 0.2) is 9.84 Å². The van der Waals surface area contributed by atoms with Crippen LogP contribution in [0, 0.1) is 0 Å². The fourth-order valence-corrected chi connectivity index (χ4v) is 4.35. The predicted molar refractivity (Wildman–Crippen MR) is 113 cm³/mol. The molecule has 29 heavy (non-hydrogen) atoms. The molecule has 0 aliphatic rings. The van der Waals surface area contributed by atoms with Crippen molar-refractivity contribution in [2.24, 2.45) is 0 Å². The van der Waals surface area contributed by atoms with E-state index in [4.69, 9.17) is 4.42 Å². The van der Waals surface area contributed by atoms with Crippen molar-refractivity contribution >= 4 is 33.5 Å². The van der Waals surface area contributed by atoms with E-state index in [9.17, 15) is 13.2 Å². The van der Waals surface area contributed by atoms with Crippen LogP contribution in [-0.2, 0) is 9.84 Å². The minimum absolute atomic E-state index is 0.0596. The maximum absolute atomic E-state index is 12.4. The highest BCUT2D eigenvalue weighted by atomic mass is 32.2. The second kappa shape index (κ2) is 8.79. The zero-order valence-corrected chi connectivity index (χ0v) is 17.9. The summed E-state index contributed by atoms with van der Waals surface area (Å²) in [5, 5.41) is 9.79. The Morgan fingerprint density at radius 3 is 2.62 bits per heavy atom. The fraction of sp³-hybridized carbons (Fsp3) is 0.250. The second-order valence-electron chi connectivity index (χ2n) is 6.45. The van der Waals surface area contributed by atoms with Crippen LogP contribution in [0.2, 0.25) is 0 Å². The molecule has 0 radical (unpaired) electrons. The standard InChI is InChI=1S/C20H21N3O4S2/c1-4-28-16-9-5-7-14(11-16)18(24)21-20-23-22-19(27-20)15-8-6-10-17(12-15)29(25,26)13(2)3/h5-13H,4H2,1-3H3,(H,21,23,24). The van der Waals surface area contributed by atoms with Crippen molar-refractivity contribution in [3.8, 4) is 11.5 Å². The number of sulfone groups is 1. The normalized spacial score (nSPS) is 11.6. The van der Waals surface area contributed by atoms with E-state index in [0.29, 0.717) is 11.1 Å². The number of rotatable bonds is 7. The highest BCUT2D eigenvalue weighted by molar-refractivity contribution is 7.99. The summed E-state index contributed by atoms with van der Waals surface area (Å²) in [6.45, 7) is 5.28. The molecule has 1 N–H and O–H groups in total. The molecule has 3 aromatic rings. The van der Waals surface area contributed by atoms with Crippen molar-refractivity contribution in [2.75, 3.05) is 11.1 Å². The summed E-state index contributed by atoms with van der Waals surface area (Å²) in [4.78, 5) is 13.6. The van der Waals surface area contributed by atoms with Crippen LogP contribution < -0.4 is 5.32 Å². The molecule has 1 heterocycles. The number of thioether (sulfide) groups is 1. The zero-order valence-electron chi connectivity index (χ0n) is 16.2. The molecule has 0 fully saturated rings. The topological polar surface area (TPSA) is 102 Å². The molecule has 9 heteroatoms. The monoisotopic (exact) mass is 431 g/mol. The van der Waals surface area contributed by atoms with Gasteiger partial charge in [0.05, 0.1) is 10.1 Å². The minimum Gasteiger partial charge on any atom is -0.403 e. The number of benzene rings is 2. The molecule has 3 rings (SSSR count). The summed E-state index contributed by atoms with van der Waals surface area (Å²) >= 11 is 1.64. The van der Waals surface area contributed by atoms with E-state index < -0.39 is 15.1 Å². The largest absolute Gasteiger partial charge is 0.403 e. The fourth-order valence-electron chi connectivity index (χ4n) is 2.53. The number of hydrogen-bond donors (Lipinski definition) is 1. The summed E-state index contributed by atoms with van der Waals surface area (Å²) in [7, 11) is -3.43. The van der Waals surface area contributed by atoms with Crippen molar-refractivity contribution in [1.82, 2.24) is 10.2 Å². The van der Waals surface area contributed by atoms with E-state index in [0.717, 1.165) is 10.6 Å². The van der Waals surface area contributed by atoms with Gasteiger partial charge in [-0.15, -0.1) is 16.9 Å². The van der Waals surface area contributed by atoms with Crippen LogP contribution in [0.3, 0.4) is 0 Å². The Morgan fingerprint density at radius 1 is 1.14 bits per heavy atom. The third-order valence-corrected chi connectivity index (χ3v) is 7.11. The number of anilines is 1. The van der Waals surface area contributed by atoms with Gasteiger partial charge in [-0.05, 0) is 56.0 Å². The molecule has 0 saturated carbocycles.